The maximum atomic E-state index is 8.55. The Labute approximate surface area is 82.8 Å². The van der Waals surface area contributed by atoms with Gasteiger partial charge in [-0.25, -0.2) is 0 Å². The predicted octanol–water partition coefficient (Wildman–Crippen LogP) is 2.50. The summed E-state index contributed by atoms with van der Waals surface area (Å²) in [5, 5.41) is 0. The number of allylic oxidation sites excluding steroid dienone is 4. The van der Waals surface area contributed by atoms with E-state index in [0.29, 0.717) is 12.1 Å². The minimum Gasteiger partial charge on any atom is -0.361 e. The Morgan fingerprint density at radius 2 is 2.21 bits per heavy atom. The van der Waals surface area contributed by atoms with Crippen LogP contribution in [0.25, 0.3) is 11.1 Å². The number of hydrogen-bond donors (Lipinski definition) is 0. The quantitative estimate of drug-likeness (QED) is 0.471. The molecule has 0 unspecified atom stereocenters. The van der Waals surface area contributed by atoms with Crippen molar-refractivity contribution in [1.82, 2.24) is 0 Å². The zero-order valence-electron chi connectivity index (χ0n) is 7.64. The SMILES string of the molecule is [N-]=[N+]=C1C=CC(c2[c]cccc2)=CC1. The van der Waals surface area contributed by atoms with Crippen LogP contribution in [0.15, 0.2) is 42.5 Å². The molecule has 2 nitrogen and oxygen atoms in total. The molecule has 67 valence electrons. The Morgan fingerprint density at radius 3 is 2.79 bits per heavy atom. The Kier molecular flexibility index (Phi) is 2.39. The summed E-state index contributed by atoms with van der Waals surface area (Å²) in [6.07, 6.45) is 6.45. The lowest BCUT2D eigenvalue weighted by Gasteiger charge is -2.03. The maximum Gasteiger partial charge on any atom is 0.295 e. The second kappa shape index (κ2) is 3.86. The van der Waals surface area contributed by atoms with Crippen LogP contribution in [0.5, 0.6) is 0 Å². The van der Waals surface area contributed by atoms with Gasteiger partial charge in [0.1, 0.15) is 0 Å². The lowest BCUT2D eigenvalue weighted by molar-refractivity contribution is -0.00535. The average molecular weight is 181 g/mol. The minimum absolute atomic E-state index is 0.672. The third kappa shape index (κ3) is 1.70. The van der Waals surface area contributed by atoms with Crippen molar-refractivity contribution < 1.29 is 4.79 Å². The van der Waals surface area contributed by atoms with Gasteiger partial charge < -0.3 is 5.53 Å². The fourth-order valence-electron chi connectivity index (χ4n) is 1.38. The second-order valence-corrected chi connectivity index (χ2v) is 3.06. The van der Waals surface area contributed by atoms with Crippen LogP contribution in [0.4, 0.5) is 0 Å². The lowest BCUT2D eigenvalue weighted by Crippen LogP contribution is -1.98. The van der Waals surface area contributed by atoms with Crippen molar-refractivity contribution in [3.63, 3.8) is 0 Å². The fourth-order valence-corrected chi connectivity index (χ4v) is 1.38. The largest absolute Gasteiger partial charge is 0.361 e. The van der Waals surface area contributed by atoms with E-state index >= 15 is 0 Å². The third-order valence-electron chi connectivity index (χ3n) is 2.13. The highest BCUT2D eigenvalue weighted by Gasteiger charge is 2.08. The van der Waals surface area contributed by atoms with Gasteiger partial charge in [0, 0.05) is 6.08 Å². The minimum atomic E-state index is 0.672. The van der Waals surface area contributed by atoms with Crippen molar-refractivity contribution in [3.8, 4) is 0 Å². The lowest BCUT2D eigenvalue weighted by atomic mass is 9.99. The summed E-state index contributed by atoms with van der Waals surface area (Å²) >= 11 is 0. The molecule has 2 rings (SSSR count). The van der Waals surface area contributed by atoms with Gasteiger partial charge in [0.2, 0.25) is 0 Å². The van der Waals surface area contributed by atoms with Crippen LogP contribution >= 0.6 is 0 Å². The fraction of sp³-hybridized carbons (Fsp3) is 0.0833. The number of benzene rings is 1. The van der Waals surface area contributed by atoms with Crippen molar-refractivity contribution in [3.05, 3.63) is 59.7 Å². The predicted molar refractivity (Wildman–Crippen MR) is 55.6 cm³/mol. The van der Waals surface area contributed by atoms with Crippen molar-refractivity contribution >= 4 is 11.3 Å². The summed E-state index contributed by atoms with van der Waals surface area (Å²) in [4.78, 5) is 3.15. The van der Waals surface area contributed by atoms with Crippen LogP contribution in [-0.2, 0) is 0 Å². The molecule has 1 aliphatic carbocycles. The molecule has 0 N–H and O–H groups in total. The molecule has 0 bridgehead atoms. The number of nitrogens with zero attached hydrogens (tertiary/aromatic N) is 2. The highest BCUT2D eigenvalue weighted by Crippen LogP contribution is 2.18. The van der Waals surface area contributed by atoms with Crippen molar-refractivity contribution in [2.45, 2.75) is 6.42 Å². The molecule has 0 atom stereocenters. The van der Waals surface area contributed by atoms with Crippen LogP contribution in [-0.4, -0.2) is 10.5 Å². The zero-order valence-corrected chi connectivity index (χ0v) is 7.64. The van der Waals surface area contributed by atoms with E-state index in [1.165, 1.54) is 0 Å². The summed E-state index contributed by atoms with van der Waals surface area (Å²) in [7, 11) is 0. The molecule has 0 fully saturated rings. The van der Waals surface area contributed by atoms with E-state index in [1.807, 2.05) is 42.5 Å². The van der Waals surface area contributed by atoms with E-state index in [4.69, 9.17) is 5.53 Å². The number of rotatable bonds is 1. The highest BCUT2D eigenvalue weighted by molar-refractivity contribution is 5.98. The standard InChI is InChI=1S/C12H9N2/c13-14-12-8-6-11(7-9-12)10-4-2-1-3-5-10/h1-4,6-8H,9H2. The van der Waals surface area contributed by atoms with Crippen LogP contribution in [0, 0.1) is 6.07 Å². The first-order chi connectivity index (χ1) is 6.90. The van der Waals surface area contributed by atoms with Gasteiger partial charge in [-0.2, -0.15) is 4.79 Å². The Morgan fingerprint density at radius 1 is 1.29 bits per heavy atom. The van der Waals surface area contributed by atoms with Crippen LogP contribution < -0.4 is 0 Å². The molecule has 1 aromatic carbocycles. The van der Waals surface area contributed by atoms with Crippen LogP contribution in [0.1, 0.15) is 12.0 Å². The van der Waals surface area contributed by atoms with Crippen molar-refractivity contribution in [2.24, 2.45) is 0 Å². The monoisotopic (exact) mass is 181 g/mol. The van der Waals surface area contributed by atoms with E-state index in [9.17, 15) is 0 Å². The molecule has 1 radical (unpaired) electrons. The maximum absolute atomic E-state index is 8.55. The molecule has 0 saturated carbocycles. The summed E-state index contributed by atoms with van der Waals surface area (Å²) in [5.41, 5.74) is 11.4. The highest BCUT2D eigenvalue weighted by atomic mass is 14.8. The van der Waals surface area contributed by atoms with Crippen molar-refractivity contribution in [1.29, 1.82) is 0 Å². The second-order valence-electron chi connectivity index (χ2n) is 3.06. The molecular formula is C12H9N2. The molecule has 0 spiro atoms. The van der Waals surface area contributed by atoms with Gasteiger partial charge in [-0.1, -0.05) is 30.3 Å². The first-order valence-electron chi connectivity index (χ1n) is 4.46. The molecule has 2 heteroatoms. The summed E-state index contributed by atoms with van der Waals surface area (Å²) in [5.74, 6) is 0. The summed E-state index contributed by atoms with van der Waals surface area (Å²) < 4.78 is 0. The van der Waals surface area contributed by atoms with E-state index in [0.717, 1.165) is 11.1 Å². The van der Waals surface area contributed by atoms with Crippen LogP contribution in [0.3, 0.4) is 0 Å². The molecule has 1 aromatic rings. The van der Waals surface area contributed by atoms with Gasteiger partial charge >= 0.3 is 0 Å². The average Bonchev–Trinajstić information content (AvgIpc) is 2.30. The van der Waals surface area contributed by atoms with Gasteiger partial charge in [0.15, 0.2) is 0 Å². The summed E-state index contributed by atoms with van der Waals surface area (Å²) in [6.45, 7) is 0. The molecule has 0 saturated heterocycles. The third-order valence-corrected chi connectivity index (χ3v) is 2.13. The van der Waals surface area contributed by atoms with E-state index < -0.39 is 0 Å². The first-order valence-corrected chi connectivity index (χ1v) is 4.46. The van der Waals surface area contributed by atoms with Gasteiger partial charge in [0.25, 0.3) is 5.71 Å². The first kappa shape index (κ1) is 8.67. The molecule has 14 heavy (non-hydrogen) atoms. The summed E-state index contributed by atoms with van der Waals surface area (Å²) in [6, 6.07) is 11.0. The molecule has 1 aliphatic rings. The Balaban J connectivity index is 2.29. The Hall–Kier alpha value is -1.92. The van der Waals surface area contributed by atoms with Gasteiger partial charge in [-0.15, -0.1) is 0 Å². The van der Waals surface area contributed by atoms with Crippen LogP contribution in [0.2, 0.25) is 0 Å². The van der Waals surface area contributed by atoms with E-state index in [2.05, 4.69) is 10.9 Å². The van der Waals surface area contributed by atoms with E-state index in [-0.39, 0.29) is 0 Å². The normalized spacial score (nSPS) is 14.9. The smallest absolute Gasteiger partial charge is 0.295 e. The van der Waals surface area contributed by atoms with Crippen molar-refractivity contribution in [2.75, 3.05) is 0 Å². The van der Waals surface area contributed by atoms with Gasteiger partial charge in [-0.05, 0) is 23.3 Å². The Bertz CT molecular complexity index is 435. The van der Waals surface area contributed by atoms with Gasteiger partial charge in [0.05, 0.1) is 6.42 Å². The number of hydrogen-bond acceptors (Lipinski definition) is 0. The molecule has 0 aromatic heterocycles. The zero-order chi connectivity index (χ0) is 9.80. The molecular weight excluding hydrogens is 172 g/mol. The van der Waals surface area contributed by atoms with E-state index in [1.54, 1.807) is 0 Å². The molecule has 0 heterocycles. The molecule has 0 amide bonds. The van der Waals surface area contributed by atoms with Gasteiger partial charge in [-0.3, -0.25) is 0 Å². The molecule has 0 aliphatic heterocycles. The topological polar surface area (TPSA) is 36.4 Å².